The summed E-state index contributed by atoms with van der Waals surface area (Å²) in [4.78, 5) is 17.4. The summed E-state index contributed by atoms with van der Waals surface area (Å²) >= 11 is 6.39. The number of aromatic amines is 1. The van der Waals surface area contributed by atoms with Crippen LogP contribution >= 0.6 is 11.6 Å². The molecule has 0 saturated carbocycles. The van der Waals surface area contributed by atoms with E-state index < -0.39 is 0 Å². The predicted octanol–water partition coefficient (Wildman–Crippen LogP) is 4.35. The predicted molar refractivity (Wildman–Crippen MR) is 97.6 cm³/mol. The first kappa shape index (κ1) is 14.8. The van der Waals surface area contributed by atoms with Gasteiger partial charge in [-0.25, -0.2) is 0 Å². The Balaban J connectivity index is 1.94. The van der Waals surface area contributed by atoms with E-state index in [2.05, 4.69) is 4.98 Å². The number of hydrogen-bond donors (Lipinski definition) is 1. The fraction of sp³-hybridized carbons (Fsp3) is 0.105. The van der Waals surface area contributed by atoms with Gasteiger partial charge in [-0.15, -0.1) is 0 Å². The van der Waals surface area contributed by atoms with Gasteiger partial charge in [-0.3, -0.25) is 4.79 Å². The Kier molecular flexibility index (Phi) is 3.36. The van der Waals surface area contributed by atoms with Crippen LogP contribution in [-0.2, 0) is 4.79 Å². The van der Waals surface area contributed by atoms with Crippen LogP contribution in [0.1, 0.15) is 11.1 Å². The fourth-order valence-electron chi connectivity index (χ4n) is 3.11. The molecule has 3 aromatic rings. The van der Waals surface area contributed by atoms with Crippen molar-refractivity contribution in [2.75, 3.05) is 19.1 Å². The Morgan fingerprint density at radius 3 is 2.79 bits per heavy atom. The topological polar surface area (TPSA) is 45.3 Å². The molecule has 0 bridgehead atoms. The first-order valence-electron chi connectivity index (χ1n) is 7.54. The molecule has 0 spiro atoms. The van der Waals surface area contributed by atoms with E-state index in [1.165, 1.54) is 0 Å². The minimum absolute atomic E-state index is 0.0375. The van der Waals surface area contributed by atoms with Gasteiger partial charge in [0.25, 0.3) is 5.91 Å². The maximum Gasteiger partial charge on any atom is 0.258 e. The van der Waals surface area contributed by atoms with Crippen molar-refractivity contribution in [2.24, 2.45) is 0 Å². The standard InChI is InChI=1S/C19H15ClN2O2/c1-22-17-6-4-3-5-12(17)15(19(22)23)10-14-13-9-11(24-2)7-8-16(13)21-18(14)20/h3-10,21H,1-2H3/b15-10-. The second kappa shape index (κ2) is 5.42. The van der Waals surface area contributed by atoms with E-state index in [4.69, 9.17) is 16.3 Å². The van der Waals surface area contributed by atoms with Gasteiger partial charge >= 0.3 is 0 Å². The number of halogens is 1. The Bertz CT molecular complexity index is 1000. The van der Waals surface area contributed by atoms with E-state index in [-0.39, 0.29) is 5.91 Å². The van der Waals surface area contributed by atoms with Crippen molar-refractivity contribution in [3.63, 3.8) is 0 Å². The van der Waals surface area contributed by atoms with Crippen LogP contribution in [0.25, 0.3) is 22.6 Å². The number of fused-ring (bicyclic) bond motifs is 2. The number of nitrogens with one attached hydrogen (secondary N) is 1. The van der Waals surface area contributed by atoms with Gasteiger partial charge in [0.1, 0.15) is 10.9 Å². The lowest BCUT2D eigenvalue weighted by atomic mass is 10.0. The minimum atomic E-state index is -0.0375. The molecule has 1 aliphatic rings. The van der Waals surface area contributed by atoms with Gasteiger partial charge < -0.3 is 14.6 Å². The number of ether oxygens (including phenoxy) is 1. The molecule has 1 aliphatic heterocycles. The van der Waals surface area contributed by atoms with Crippen molar-refractivity contribution < 1.29 is 9.53 Å². The second-order valence-corrected chi connectivity index (χ2v) is 6.08. The van der Waals surface area contributed by atoms with Crippen LogP contribution in [0.4, 0.5) is 5.69 Å². The molecule has 2 heterocycles. The second-order valence-electron chi connectivity index (χ2n) is 5.70. The number of carbonyl (C=O) groups excluding carboxylic acids is 1. The molecule has 0 aliphatic carbocycles. The molecule has 4 nitrogen and oxygen atoms in total. The number of rotatable bonds is 2. The third kappa shape index (κ3) is 2.11. The molecule has 0 unspecified atom stereocenters. The van der Waals surface area contributed by atoms with Gasteiger partial charge in [0, 0.05) is 34.7 Å². The highest BCUT2D eigenvalue weighted by Crippen LogP contribution is 2.39. The summed E-state index contributed by atoms with van der Waals surface area (Å²) in [5, 5.41) is 1.43. The first-order valence-corrected chi connectivity index (χ1v) is 7.92. The van der Waals surface area contributed by atoms with E-state index in [0.717, 1.165) is 33.5 Å². The van der Waals surface area contributed by atoms with Gasteiger partial charge in [-0.05, 0) is 30.3 Å². The molecule has 120 valence electrons. The van der Waals surface area contributed by atoms with Crippen molar-refractivity contribution in [3.05, 3.63) is 58.7 Å². The lowest BCUT2D eigenvalue weighted by Crippen LogP contribution is -2.20. The van der Waals surface area contributed by atoms with Crippen molar-refractivity contribution in [1.29, 1.82) is 0 Å². The average molecular weight is 339 g/mol. The molecule has 2 aromatic carbocycles. The Morgan fingerprint density at radius 1 is 1.21 bits per heavy atom. The first-order chi connectivity index (χ1) is 11.6. The lowest BCUT2D eigenvalue weighted by molar-refractivity contribution is -0.112. The normalized spacial score (nSPS) is 15.4. The van der Waals surface area contributed by atoms with E-state index in [1.807, 2.05) is 48.5 Å². The van der Waals surface area contributed by atoms with Crippen LogP contribution < -0.4 is 9.64 Å². The van der Waals surface area contributed by atoms with Gasteiger partial charge in [0.05, 0.1) is 12.8 Å². The molecule has 5 heteroatoms. The van der Waals surface area contributed by atoms with Crippen LogP contribution in [0.3, 0.4) is 0 Å². The van der Waals surface area contributed by atoms with Gasteiger partial charge in [0.15, 0.2) is 0 Å². The van der Waals surface area contributed by atoms with Crippen LogP contribution in [0.2, 0.25) is 5.15 Å². The quantitative estimate of drug-likeness (QED) is 0.706. The molecule has 0 fully saturated rings. The summed E-state index contributed by atoms with van der Waals surface area (Å²) in [5.74, 6) is 0.706. The maximum absolute atomic E-state index is 12.6. The molecule has 1 amide bonds. The summed E-state index contributed by atoms with van der Waals surface area (Å²) in [7, 11) is 3.40. The molecular weight excluding hydrogens is 324 g/mol. The number of hydrogen-bond acceptors (Lipinski definition) is 2. The highest BCUT2D eigenvalue weighted by Gasteiger charge is 2.29. The van der Waals surface area contributed by atoms with E-state index in [1.54, 1.807) is 19.1 Å². The van der Waals surface area contributed by atoms with Crippen molar-refractivity contribution in [3.8, 4) is 5.75 Å². The van der Waals surface area contributed by atoms with Crippen LogP contribution in [0, 0.1) is 0 Å². The average Bonchev–Trinajstić information content (AvgIpc) is 3.04. The molecule has 4 rings (SSSR count). The number of carbonyl (C=O) groups is 1. The van der Waals surface area contributed by atoms with Crippen molar-refractivity contribution >= 4 is 45.7 Å². The van der Waals surface area contributed by atoms with Crippen molar-refractivity contribution in [1.82, 2.24) is 4.98 Å². The Labute approximate surface area is 144 Å². The highest BCUT2D eigenvalue weighted by atomic mass is 35.5. The van der Waals surface area contributed by atoms with Crippen LogP contribution in [0.15, 0.2) is 42.5 Å². The summed E-state index contributed by atoms with van der Waals surface area (Å²) in [6.07, 6.45) is 1.85. The third-order valence-electron chi connectivity index (χ3n) is 4.38. The molecule has 1 N–H and O–H groups in total. The fourth-order valence-corrected chi connectivity index (χ4v) is 3.37. The van der Waals surface area contributed by atoms with Crippen molar-refractivity contribution in [2.45, 2.75) is 0 Å². The number of aromatic nitrogens is 1. The number of H-pyrrole nitrogens is 1. The zero-order chi connectivity index (χ0) is 16.8. The molecule has 24 heavy (non-hydrogen) atoms. The number of benzene rings is 2. The maximum atomic E-state index is 12.6. The molecule has 0 atom stereocenters. The number of anilines is 1. The number of para-hydroxylation sites is 1. The van der Waals surface area contributed by atoms with E-state index in [9.17, 15) is 4.79 Å². The molecule has 1 aromatic heterocycles. The number of nitrogens with zero attached hydrogens (tertiary/aromatic N) is 1. The van der Waals surface area contributed by atoms with E-state index >= 15 is 0 Å². The number of likely N-dealkylation sites (N-methyl/N-ethyl adjacent to an activating group) is 1. The zero-order valence-electron chi connectivity index (χ0n) is 13.3. The molecular formula is C19H15ClN2O2. The monoisotopic (exact) mass is 338 g/mol. The zero-order valence-corrected chi connectivity index (χ0v) is 14.0. The van der Waals surface area contributed by atoms with Gasteiger partial charge in [-0.1, -0.05) is 29.8 Å². The van der Waals surface area contributed by atoms with Gasteiger partial charge in [-0.2, -0.15) is 0 Å². The van der Waals surface area contributed by atoms with E-state index in [0.29, 0.717) is 10.7 Å². The number of methoxy groups -OCH3 is 1. The minimum Gasteiger partial charge on any atom is -0.497 e. The Morgan fingerprint density at radius 2 is 2.00 bits per heavy atom. The Hall–Kier alpha value is -2.72. The van der Waals surface area contributed by atoms with Gasteiger partial charge in [0.2, 0.25) is 0 Å². The summed E-state index contributed by atoms with van der Waals surface area (Å²) < 4.78 is 5.30. The SMILES string of the molecule is COc1ccc2[nH]c(Cl)c(/C=C3\C(=O)N(C)c4ccccc43)c2c1. The van der Waals surface area contributed by atoms with Crippen LogP contribution in [0.5, 0.6) is 5.75 Å². The molecule has 0 radical (unpaired) electrons. The smallest absolute Gasteiger partial charge is 0.258 e. The number of amides is 1. The highest BCUT2D eigenvalue weighted by molar-refractivity contribution is 6.38. The largest absolute Gasteiger partial charge is 0.497 e. The third-order valence-corrected chi connectivity index (χ3v) is 4.68. The lowest BCUT2D eigenvalue weighted by Gasteiger charge is -2.07. The summed E-state index contributed by atoms with van der Waals surface area (Å²) in [5.41, 5.74) is 4.15. The molecule has 0 saturated heterocycles. The summed E-state index contributed by atoms with van der Waals surface area (Å²) in [6, 6.07) is 13.4. The van der Waals surface area contributed by atoms with Crippen LogP contribution in [-0.4, -0.2) is 25.0 Å². The summed E-state index contributed by atoms with van der Waals surface area (Å²) in [6.45, 7) is 0.